The van der Waals surface area contributed by atoms with Gasteiger partial charge in [-0.25, -0.2) is 4.79 Å². The van der Waals surface area contributed by atoms with E-state index in [1.807, 2.05) is 6.07 Å². The molecule has 0 saturated carbocycles. The van der Waals surface area contributed by atoms with E-state index in [0.717, 1.165) is 36.1 Å². The second kappa shape index (κ2) is 9.33. The van der Waals surface area contributed by atoms with E-state index in [-0.39, 0.29) is 17.9 Å². The number of nitrogens with zero attached hydrogens (tertiary/aromatic N) is 2. The number of carbonyl (C=O) groups is 2. The van der Waals surface area contributed by atoms with Crippen LogP contribution in [0.2, 0.25) is 0 Å². The van der Waals surface area contributed by atoms with Crippen LogP contribution in [0.3, 0.4) is 0 Å². The van der Waals surface area contributed by atoms with Gasteiger partial charge in [-0.2, -0.15) is 5.26 Å². The number of thiophene rings is 1. The fraction of sp³-hybridized carbons (Fsp3) is 0.286. The van der Waals surface area contributed by atoms with Crippen molar-refractivity contribution in [3.8, 4) is 6.07 Å². The SMILES string of the molecule is CCOC(=O)c1c(NC(=O)/C(C#N)=C\c2cccc([N+](=O)[O-])c2)sc2c1CCCC2. The zero-order chi connectivity index (χ0) is 21.7. The molecule has 1 N–H and O–H groups in total. The third kappa shape index (κ3) is 4.55. The van der Waals surface area contributed by atoms with Crippen molar-refractivity contribution in [2.45, 2.75) is 32.6 Å². The van der Waals surface area contributed by atoms with Gasteiger partial charge in [0.1, 0.15) is 16.6 Å². The summed E-state index contributed by atoms with van der Waals surface area (Å²) in [6, 6.07) is 7.46. The van der Waals surface area contributed by atoms with Crippen LogP contribution in [0.15, 0.2) is 29.8 Å². The number of non-ortho nitro benzene ring substituents is 1. The molecule has 0 aliphatic heterocycles. The zero-order valence-corrected chi connectivity index (χ0v) is 17.1. The first-order valence-corrected chi connectivity index (χ1v) is 10.3. The highest BCUT2D eigenvalue weighted by Gasteiger charge is 2.27. The molecule has 1 aliphatic carbocycles. The predicted octanol–water partition coefficient (Wildman–Crippen LogP) is 4.26. The number of ether oxygens (including phenoxy) is 1. The van der Waals surface area contributed by atoms with Gasteiger partial charge in [0.2, 0.25) is 0 Å². The maximum absolute atomic E-state index is 12.7. The minimum absolute atomic E-state index is 0.142. The molecule has 1 aromatic heterocycles. The third-order valence-corrected chi connectivity index (χ3v) is 5.84. The average molecular weight is 425 g/mol. The minimum atomic E-state index is -0.687. The third-order valence-electron chi connectivity index (χ3n) is 4.64. The van der Waals surface area contributed by atoms with E-state index in [2.05, 4.69) is 5.32 Å². The molecule has 0 unspecified atom stereocenters. The van der Waals surface area contributed by atoms with Crippen LogP contribution in [-0.2, 0) is 22.4 Å². The molecular weight excluding hydrogens is 406 g/mol. The van der Waals surface area contributed by atoms with E-state index in [4.69, 9.17) is 4.74 Å². The lowest BCUT2D eigenvalue weighted by Crippen LogP contribution is -2.16. The normalized spacial score (nSPS) is 13.1. The summed E-state index contributed by atoms with van der Waals surface area (Å²) in [7, 11) is 0. The number of fused-ring (bicyclic) bond motifs is 1. The van der Waals surface area contributed by atoms with Crippen molar-refractivity contribution in [3.63, 3.8) is 0 Å². The lowest BCUT2D eigenvalue weighted by atomic mass is 9.95. The van der Waals surface area contributed by atoms with Gasteiger partial charge in [0.25, 0.3) is 11.6 Å². The number of hydrogen-bond acceptors (Lipinski definition) is 7. The number of nitro groups is 1. The van der Waals surface area contributed by atoms with Crippen LogP contribution in [0.1, 0.15) is 46.1 Å². The van der Waals surface area contributed by atoms with Crippen molar-refractivity contribution in [1.82, 2.24) is 0 Å². The average Bonchev–Trinajstić information content (AvgIpc) is 3.10. The molecule has 0 fully saturated rings. The van der Waals surface area contributed by atoms with Crippen LogP contribution >= 0.6 is 11.3 Å². The molecule has 1 aliphatic rings. The molecule has 30 heavy (non-hydrogen) atoms. The predicted molar refractivity (Wildman–Crippen MR) is 112 cm³/mol. The van der Waals surface area contributed by atoms with E-state index in [0.29, 0.717) is 16.1 Å². The summed E-state index contributed by atoms with van der Waals surface area (Å²) < 4.78 is 5.17. The molecular formula is C21H19N3O5S. The Morgan fingerprint density at radius 2 is 2.13 bits per heavy atom. The number of nitro benzene ring substituents is 1. The number of anilines is 1. The molecule has 9 heteroatoms. The molecule has 2 aromatic rings. The summed E-state index contributed by atoms with van der Waals surface area (Å²) >= 11 is 1.33. The Labute approximate surface area is 176 Å². The molecule has 8 nitrogen and oxygen atoms in total. The highest BCUT2D eigenvalue weighted by molar-refractivity contribution is 7.17. The molecule has 1 aromatic carbocycles. The quantitative estimate of drug-likeness (QED) is 0.243. The second-order valence-electron chi connectivity index (χ2n) is 6.61. The molecule has 3 rings (SSSR count). The van der Waals surface area contributed by atoms with Crippen molar-refractivity contribution in [2.24, 2.45) is 0 Å². The first-order chi connectivity index (χ1) is 14.4. The monoisotopic (exact) mass is 425 g/mol. The molecule has 154 valence electrons. The fourth-order valence-electron chi connectivity index (χ4n) is 3.29. The number of carbonyl (C=O) groups excluding carboxylic acids is 2. The molecule has 0 bridgehead atoms. The Balaban J connectivity index is 1.91. The van der Waals surface area contributed by atoms with E-state index in [1.54, 1.807) is 13.0 Å². The summed E-state index contributed by atoms with van der Waals surface area (Å²) in [4.78, 5) is 36.7. The maximum atomic E-state index is 12.7. The Morgan fingerprint density at radius 3 is 2.83 bits per heavy atom. The minimum Gasteiger partial charge on any atom is -0.462 e. The van der Waals surface area contributed by atoms with Gasteiger partial charge in [0.15, 0.2) is 0 Å². The number of nitrogens with one attached hydrogen (secondary N) is 1. The van der Waals surface area contributed by atoms with Crippen LogP contribution in [0.5, 0.6) is 0 Å². The Morgan fingerprint density at radius 1 is 1.37 bits per heavy atom. The number of amides is 1. The van der Waals surface area contributed by atoms with Gasteiger partial charge in [-0.15, -0.1) is 11.3 Å². The first kappa shape index (κ1) is 21.2. The fourth-order valence-corrected chi connectivity index (χ4v) is 4.56. The molecule has 0 spiro atoms. The van der Waals surface area contributed by atoms with E-state index in [9.17, 15) is 25.0 Å². The number of esters is 1. The van der Waals surface area contributed by atoms with Crippen LogP contribution in [0.4, 0.5) is 10.7 Å². The summed E-state index contributed by atoms with van der Waals surface area (Å²) in [5.74, 6) is -1.18. The molecule has 0 radical (unpaired) electrons. The maximum Gasteiger partial charge on any atom is 0.341 e. The summed E-state index contributed by atoms with van der Waals surface area (Å²) in [5.41, 5.74) is 1.25. The first-order valence-electron chi connectivity index (χ1n) is 9.43. The number of nitriles is 1. The van der Waals surface area contributed by atoms with Crippen LogP contribution in [-0.4, -0.2) is 23.4 Å². The molecule has 1 heterocycles. The number of hydrogen-bond donors (Lipinski definition) is 1. The van der Waals surface area contributed by atoms with E-state index in [1.165, 1.54) is 35.6 Å². The Bertz CT molecular complexity index is 1080. The van der Waals surface area contributed by atoms with Crippen LogP contribution < -0.4 is 5.32 Å². The van der Waals surface area contributed by atoms with Gasteiger partial charge in [-0.05, 0) is 49.8 Å². The van der Waals surface area contributed by atoms with Crippen LogP contribution in [0, 0.1) is 21.4 Å². The van der Waals surface area contributed by atoms with Crippen molar-refractivity contribution < 1.29 is 19.2 Å². The van der Waals surface area contributed by atoms with Gasteiger partial charge in [0, 0.05) is 17.0 Å². The Hall–Kier alpha value is -3.51. The molecule has 0 saturated heterocycles. The van der Waals surface area contributed by atoms with Crippen molar-refractivity contribution in [1.29, 1.82) is 5.26 Å². The number of aryl methyl sites for hydroxylation is 1. The topological polar surface area (TPSA) is 122 Å². The number of rotatable bonds is 6. The van der Waals surface area contributed by atoms with Gasteiger partial charge >= 0.3 is 5.97 Å². The standard InChI is InChI=1S/C21H19N3O5S/c1-2-29-21(26)18-16-8-3-4-9-17(16)30-20(18)23-19(25)14(12-22)10-13-6-5-7-15(11-13)24(27)28/h5-7,10-11H,2-4,8-9H2,1H3,(H,23,25)/b14-10-. The van der Waals surface area contributed by atoms with Crippen molar-refractivity contribution in [2.75, 3.05) is 11.9 Å². The van der Waals surface area contributed by atoms with Gasteiger partial charge < -0.3 is 10.1 Å². The van der Waals surface area contributed by atoms with Gasteiger partial charge in [-0.3, -0.25) is 14.9 Å². The van der Waals surface area contributed by atoms with E-state index < -0.39 is 16.8 Å². The molecule has 1 amide bonds. The summed E-state index contributed by atoms with van der Waals surface area (Å²) in [5, 5.41) is 23.4. The van der Waals surface area contributed by atoms with Crippen molar-refractivity contribution in [3.05, 3.63) is 61.5 Å². The molecule has 0 atom stereocenters. The summed E-state index contributed by atoms with van der Waals surface area (Å²) in [6.45, 7) is 1.93. The zero-order valence-electron chi connectivity index (χ0n) is 16.3. The van der Waals surface area contributed by atoms with Gasteiger partial charge in [-0.1, -0.05) is 12.1 Å². The second-order valence-corrected chi connectivity index (χ2v) is 7.72. The summed E-state index contributed by atoms with van der Waals surface area (Å²) in [6.07, 6.45) is 4.82. The highest BCUT2D eigenvalue weighted by atomic mass is 32.1. The lowest BCUT2D eigenvalue weighted by Gasteiger charge is -2.12. The number of benzene rings is 1. The lowest BCUT2D eigenvalue weighted by molar-refractivity contribution is -0.384. The van der Waals surface area contributed by atoms with Crippen molar-refractivity contribution >= 4 is 40.0 Å². The van der Waals surface area contributed by atoms with Gasteiger partial charge in [0.05, 0.1) is 17.1 Å². The highest BCUT2D eigenvalue weighted by Crippen LogP contribution is 2.38. The smallest absolute Gasteiger partial charge is 0.341 e. The van der Waals surface area contributed by atoms with E-state index >= 15 is 0 Å². The van der Waals surface area contributed by atoms with Crippen LogP contribution in [0.25, 0.3) is 6.08 Å². The largest absolute Gasteiger partial charge is 0.462 e. The Kier molecular flexibility index (Phi) is 6.59.